The Bertz CT molecular complexity index is 338. The third-order valence-electron chi connectivity index (χ3n) is 1.77. The van der Waals surface area contributed by atoms with Gasteiger partial charge in [0, 0.05) is 0 Å². The average molecular weight is 244 g/mol. The molecule has 1 saturated heterocycles. The third-order valence-corrected chi connectivity index (χ3v) is 1.77. The van der Waals surface area contributed by atoms with Gasteiger partial charge in [0.1, 0.15) is 0 Å². The molecule has 0 atom stereocenters. The van der Waals surface area contributed by atoms with E-state index in [1.165, 1.54) is 0 Å². The summed E-state index contributed by atoms with van der Waals surface area (Å²) in [5, 5.41) is 16.6. The van der Waals surface area contributed by atoms with Crippen LogP contribution in [-0.4, -0.2) is 48.6 Å². The highest BCUT2D eigenvalue weighted by molar-refractivity contribution is 5.88. The van der Waals surface area contributed by atoms with E-state index in [2.05, 4.69) is 4.42 Å². The molecule has 2 heterocycles. The first kappa shape index (κ1) is 13.2. The van der Waals surface area contributed by atoms with Crippen molar-refractivity contribution < 1.29 is 33.7 Å². The second-order valence-electron chi connectivity index (χ2n) is 3.00. The van der Waals surface area contributed by atoms with Crippen molar-refractivity contribution in [2.45, 2.75) is 0 Å². The van der Waals surface area contributed by atoms with E-state index in [4.69, 9.17) is 19.7 Å². The van der Waals surface area contributed by atoms with Gasteiger partial charge >= 0.3 is 11.9 Å². The Kier molecular flexibility index (Phi) is 5.18. The van der Waals surface area contributed by atoms with Crippen molar-refractivity contribution in [3.63, 3.8) is 0 Å². The number of furan rings is 1. The summed E-state index contributed by atoms with van der Waals surface area (Å²) in [5.41, 5.74) is 0. The lowest BCUT2D eigenvalue weighted by atomic mass is 10.4. The van der Waals surface area contributed by atoms with Gasteiger partial charge in [-0.25, -0.2) is 9.59 Å². The lowest BCUT2D eigenvalue weighted by Gasteiger charge is -2.09. The van der Waals surface area contributed by atoms with Crippen molar-refractivity contribution in [3.05, 3.63) is 23.7 Å². The summed E-state index contributed by atoms with van der Waals surface area (Å²) >= 11 is 0. The summed E-state index contributed by atoms with van der Waals surface area (Å²) in [6, 6.07) is 2.18. The maximum atomic E-state index is 10.2. The van der Waals surface area contributed by atoms with Crippen LogP contribution in [0.25, 0.3) is 0 Å². The number of aromatic carboxylic acids is 2. The van der Waals surface area contributed by atoms with Crippen molar-refractivity contribution >= 4 is 11.9 Å². The molecular formula is C10H12O7. The minimum Gasteiger partial charge on any atom is -0.475 e. The molecule has 0 saturated carbocycles. The molecule has 0 bridgehead atoms. The fourth-order valence-corrected chi connectivity index (χ4v) is 1.01. The Labute approximate surface area is 96.6 Å². The van der Waals surface area contributed by atoms with E-state index in [-0.39, 0.29) is 11.5 Å². The Hall–Kier alpha value is -1.86. The second kappa shape index (κ2) is 6.66. The molecule has 1 aliphatic heterocycles. The predicted octanol–water partition coefficient (Wildman–Crippen LogP) is 0.709. The molecule has 0 amide bonds. The summed E-state index contributed by atoms with van der Waals surface area (Å²) in [6.07, 6.45) is 0. The van der Waals surface area contributed by atoms with Crippen molar-refractivity contribution in [2.75, 3.05) is 26.4 Å². The summed E-state index contributed by atoms with van der Waals surface area (Å²) in [4.78, 5) is 20.3. The minimum absolute atomic E-state index is 0.373. The molecule has 1 aromatic rings. The molecule has 0 aromatic carbocycles. The highest BCUT2D eigenvalue weighted by Gasteiger charge is 2.12. The van der Waals surface area contributed by atoms with Crippen LogP contribution in [0.3, 0.4) is 0 Å². The molecule has 1 fully saturated rings. The number of hydrogen-bond donors (Lipinski definition) is 2. The third kappa shape index (κ3) is 4.66. The molecule has 2 rings (SSSR count). The normalized spacial score (nSPS) is 14.6. The van der Waals surface area contributed by atoms with Crippen LogP contribution in [0.2, 0.25) is 0 Å². The molecule has 94 valence electrons. The van der Waals surface area contributed by atoms with Gasteiger partial charge in [0.2, 0.25) is 11.5 Å². The van der Waals surface area contributed by atoms with E-state index in [1.54, 1.807) is 0 Å². The predicted molar refractivity (Wildman–Crippen MR) is 54.3 cm³/mol. The van der Waals surface area contributed by atoms with Crippen LogP contribution in [0, 0.1) is 0 Å². The summed E-state index contributed by atoms with van der Waals surface area (Å²) in [5.74, 6) is -3.31. The summed E-state index contributed by atoms with van der Waals surface area (Å²) in [6.45, 7) is 3.11. The van der Waals surface area contributed by atoms with E-state index >= 15 is 0 Å². The number of hydrogen-bond acceptors (Lipinski definition) is 5. The van der Waals surface area contributed by atoms with Gasteiger partial charge < -0.3 is 24.1 Å². The zero-order chi connectivity index (χ0) is 12.7. The number of ether oxygens (including phenoxy) is 2. The SMILES string of the molecule is C1COCCO1.O=C(O)c1ccc(C(=O)O)o1. The first-order valence-electron chi connectivity index (χ1n) is 4.83. The van der Waals surface area contributed by atoms with Crippen LogP contribution in [-0.2, 0) is 9.47 Å². The zero-order valence-electron chi connectivity index (χ0n) is 8.92. The van der Waals surface area contributed by atoms with Crippen LogP contribution >= 0.6 is 0 Å². The molecule has 0 unspecified atom stereocenters. The molecule has 17 heavy (non-hydrogen) atoms. The van der Waals surface area contributed by atoms with Crippen molar-refractivity contribution in [3.8, 4) is 0 Å². The quantitative estimate of drug-likeness (QED) is 0.788. The number of carboxylic acids is 2. The number of carboxylic acid groups (broad SMARTS) is 2. The van der Waals surface area contributed by atoms with E-state index in [1.807, 2.05) is 0 Å². The highest BCUT2D eigenvalue weighted by Crippen LogP contribution is 2.06. The lowest BCUT2D eigenvalue weighted by molar-refractivity contribution is -0.0334. The Morgan fingerprint density at radius 1 is 0.882 bits per heavy atom. The van der Waals surface area contributed by atoms with E-state index in [9.17, 15) is 9.59 Å². The molecule has 7 nitrogen and oxygen atoms in total. The van der Waals surface area contributed by atoms with Crippen molar-refractivity contribution in [2.24, 2.45) is 0 Å². The Morgan fingerprint density at radius 3 is 1.41 bits per heavy atom. The van der Waals surface area contributed by atoms with Crippen LogP contribution in [0.4, 0.5) is 0 Å². The van der Waals surface area contributed by atoms with Crippen LogP contribution < -0.4 is 0 Å². The van der Waals surface area contributed by atoms with Gasteiger partial charge in [-0.15, -0.1) is 0 Å². The lowest BCUT2D eigenvalue weighted by Crippen LogP contribution is -2.16. The van der Waals surface area contributed by atoms with Gasteiger partial charge in [0.15, 0.2) is 0 Å². The minimum atomic E-state index is -1.28. The Morgan fingerprint density at radius 2 is 1.24 bits per heavy atom. The van der Waals surface area contributed by atoms with E-state index in [0.29, 0.717) is 0 Å². The van der Waals surface area contributed by atoms with Crippen LogP contribution in [0.1, 0.15) is 21.1 Å². The number of rotatable bonds is 2. The molecular weight excluding hydrogens is 232 g/mol. The van der Waals surface area contributed by atoms with Crippen LogP contribution in [0.5, 0.6) is 0 Å². The van der Waals surface area contributed by atoms with Crippen LogP contribution in [0.15, 0.2) is 16.5 Å². The molecule has 1 aromatic heterocycles. The average Bonchev–Trinajstić information content (AvgIpc) is 2.81. The fraction of sp³-hybridized carbons (Fsp3) is 0.400. The van der Waals surface area contributed by atoms with Crippen molar-refractivity contribution in [1.82, 2.24) is 0 Å². The highest BCUT2D eigenvalue weighted by atomic mass is 16.6. The fourth-order valence-electron chi connectivity index (χ4n) is 1.01. The van der Waals surface area contributed by atoms with Gasteiger partial charge in [-0.05, 0) is 12.1 Å². The molecule has 1 aliphatic rings. The maximum absolute atomic E-state index is 10.2. The maximum Gasteiger partial charge on any atom is 0.371 e. The summed E-state index contributed by atoms with van der Waals surface area (Å²) < 4.78 is 14.3. The smallest absolute Gasteiger partial charge is 0.371 e. The molecule has 0 radical (unpaired) electrons. The van der Waals surface area contributed by atoms with Gasteiger partial charge in [-0.1, -0.05) is 0 Å². The van der Waals surface area contributed by atoms with Gasteiger partial charge in [-0.2, -0.15) is 0 Å². The van der Waals surface area contributed by atoms with E-state index in [0.717, 1.165) is 38.6 Å². The monoisotopic (exact) mass is 244 g/mol. The van der Waals surface area contributed by atoms with Gasteiger partial charge in [-0.3, -0.25) is 0 Å². The molecule has 2 N–H and O–H groups in total. The van der Waals surface area contributed by atoms with Crippen molar-refractivity contribution in [1.29, 1.82) is 0 Å². The standard InChI is InChI=1S/C6H4O5.C4H8O2/c7-5(8)3-1-2-4(11-3)6(9)10;1-2-6-4-3-5-1/h1-2H,(H,7,8)(H,9,10);1-4H2. The van der Waals surface area contributed by atoms with Gasteiger partial charge in [0.25, 0.3) is 0 Å². The van der Waals surface area contributed by atoms with Gasteiger partial charge in [0.05, 0.1) is 26.4 Å². The second-order valence-corrected chi connectivity index (χ2v) is 3.00. The van der Waals surface area contributed by atoms with E-state index < -0.39 is 11.9 Å². The first-order valence-corrected chi connectivity index (χ1v) is 4.83. The first-order chi connectivity index (χ1) is 8.11. The molecule has 0 aliphatic carbocycles. The topological polar surface area (TPSA) is 106 Å². The number of carbonyl (C=O) groups is 2. The summed E-state index contributed by atoms with van der Waals surface area (Å²) in [7, 11) is 0. The molecule has 0 spiro atoms. The molecule has 7 heteroatoms. The zero-order valence-corrected chi connectivity index (χ0v) is 8.92. The largest absolute Gasteiger partial charge is 0.475 e. The Balaban J connectivity index is 0.000000202.